The molecule has 0 aliphatic heterocycles. The smallest absolute Gasteiger partial charge is 0.120 e. The van der Waals surface area contributed by atoms with Gasteiger partial charge >= 0.3 is 0 Å². The Labute approximate surface area is 66.6 Å². The molecule has 0 saturated heterocycles. The quantitative estimate of drug-likeness (QED) is 0.549. The van der Waals surface area contributed by atoms with Gasteiger partial charge in [0.15, 0.2) is 0 Å². The molecular formula is C8H14N2O. The lowest BCUT2D eigenvalue weighted by molar-refractivity contribution is 0.468. The Morgan fingerprint density at radius 2 is 1.82 bits per heavy atom. The highest BCUT2D eigenvalue weighted by Gasteiger charge is 1.92. The molecule has 0 unspecified atom stereocenters. The van der Waals surface area contributed by atoms with E-state index in [0.717, 1.165) is 5.56 Å². The second kappa shape index (κ2) is 5.70. The van der Waals surface area contributed by atoms with Crippen molar-refractivity contribution in [1.29, 1.82) is 0 Å². The molecule has 5 N–H and O–H groups in total. The third kappa shape index (κ3) is 3.02. The molecule has 11 heavy (non-hydrogen) atoms. The van der Waals surface area contributed by atoms with Crippen molar-refractivity contribution < 1.29 is 5.11 Å². The number of para-hydroxylation sites is 1. The van der Waals surface area contributed by atoms with E-state index in [1.165, 1.54) is 7.05 Å². The highest BCUT2D eigenvalue weighted by Crippen LogP contribution is 2.13. The van der Waals surface area contributed by atoms with Crippen LogP contribution in [0, 0.1) is 0 Å². The zero-order chi connectivity index (χ0) is 8.69. The van der Waals surface area contributed by atoms with Crippen LogP contribution in [-0.2, 0) is 6.54 Å². The van der Waals surface area contributed by atoms with Gasteiger partial charge in [-0.2, -0.15) is 0 Å². The van der Waals surface area contributed by atoms with Crippen molar-refractivity contribution >= 4 is 0 Å². The summed E-state index contributed by atoms with van der Waals surface area (Å²) in [6.45, 7) is 0.396. The molecule has 0 aromatic heterocycles. The molecule has 0 fully saturated rings. The fraction of sp³-hybridized carbons (Fsp3) is 0.250. The molecule has 1 aromatic carbocycles. The van der Waals surface area contributed by atoms with E-state index in [2.05, 4.69) is 5.73 Å². The topological polar surface area (TPSA) is 72.3 Å². The largest absolute Gasteiger partial charge is 0.508 e. The second-order valence-electron chi connectivity index (χ2n) is 1.83. The maximum atomic E-state index is 9.03. The molecule has 0 spiro atoms. The fourth-order valence-corrected chi connectivity index (χ4v) is 0.683. The summed E-state index contributed by atoms with van der Waals surface area (Å²) in [7, 11) is 1.50. The number of phenols is 1. The van der Waals surface area contributed by atoms with Gasteiger partial charge in [-0.05, 0) is 13.1 Å². The van der Waals surface area contributed by atoms with Crippen LogP contribution in [0.15, 0.2) is 24.3 Å². The van der Waals surface area contributed by atoms with Crippen LogP contribution >= 0.6 is 0 Å². The third-order valence-electron chi connectivity index (χ3n) is 1.21. The molecule has 0 radical (unpaired) electrons. The number of rotatable bonds is 1. The summed E-state index contributed by atoms with van der Waals surface area (Å²) in [6, 6.07) is 7.05. The number of nitrogens with two attached hydrogens (primary N) is 2. The average Bonchev–Trinajstić information content (AvgIpc) is 2.09. The Morgan fingerprint density at radius 1 is 1.27 bits per heavy atom. The van der Waals surface area contributed by atoms with Gasteiger partial charge in [0, 0.05) is 12.1 Å². The van der Waals surface area contributed by atoms with E-state index in [1.807, 2.05) is 6.07 Å². The van der Waals surface area contributed by atoms with Crippen molar-refractivity contribution in [3.05, 3.63) is 29.8 Å². The summed E-state index contributed by atoms with van der Waals surface area (Å²) in [5.74, 6) is 0.278. The van der Waals surface area contributed by atoms with E-state index in [1.54, 1.807) is 18.2 Å². The van der Waals surface area contributed by atoms with Crippen LogP contribution in [-0.4, -0.2) is 12.2 Å². The fourth-order valence-electron chi connectivity index (χ4n) is 0.683. The van der Waals surface area contributed by atoms with E-state index >= 15 is 0 Å². The lowest BCUT2D eigenvalue weighted by atomic mass is 10.2. The first-order valence-corrected chi connectivity index (χ1v) is 3.39. The molecule has 0 aliphatic carbocycles. The van der Waals surface area contributed by atoms with Crippen LogP contribution in [0.2, 0.25) is 0 Å². The molecule has 3 nitrogen and oxygen atoms in total. The van der Waals surface area contributed by atoms with E-state index in [9.17, 15) is 0 Å². The lowest BCUT2D eigenvalue weighted by Crippen LogP contribution is -1.95. The highest BCUT2D eigenvalue weighted by atomic mass is 16.3. The standard InChI is InChI=1S/C7H9NO.CH5N/c8-5-6-3-1-2-4-7(6)9;1-2/h1-4,9H,5,8H2;2H2,1H3. The Bertz CT molecular complexity index is 201. The first kappa shape index (κ1) is 9.94. The molecule has 0 atom stereocenters. The predicted molar refractivity (Wildman–Crippen MR) is 46.1 cm³/mol. The Balaban J connectivity index is 0.000000461. The first-order chi connectivity index (χ1) is 5.34. The second-order valence-corrected chi connectivity index (χ2v) is 1.83. The van der Waals surface area contributed by atoms with Crippen LogP contribution in [0.3, 0.4) is 0 Å². The summed E-state index contributed by atoms with van der Waals surface area (Å²) in [5, 5.41) is 9.03. The van der Waals surface area contributed by atoms with Crippen LogP contribution in [0.5, 0.6) is 5.75 Å². The molecule has 1 rings (SSSR count). The lowest BCUT2D eigenvalue weighted by Gasteiger charge is -1.97. The summed E-state index contributed by atoms with van der Waals surface area (Å²) in [4.78, 5) is 0. The minimum absolute atomic E-state index is 0.278. The Morgan fingerprint density at radius 3 is 2.18 bits per heavy atom. The normalized spacial score (nSPS) is 8.27. The number of hydrogen-bond acceptors (Lipinski definition) is 3. The molecule has 0 heterocycles. The maximum absolute atomic E-state index is 9.03. The van der Waals surface area contributed by atoms with E-state index in [-0.39, 0.29) is 5.75 Å². The zero-order valence-corrected chi connectivity index (χ0v) is 6.62. The van der Waals surface area contributed by atoms with Gasteiger partial charge in [-0.1, -0.05) is 18.2 Å². The van der Waals surface area contributed by atoms with Crippen LogP contribution in [0.25, 0.3) is 0 Å². The summed E-state index contributed by atoms with van der Waals surface area (Å²) in [6.07, 6.45) is 0. The highest BCUT2D eigenvalue weighted by molar-refractivity contribution is 5.31. The minimum Gasteiger partial charge on any atom is -0.508 e. The van der Waals surface area contributed by atoms with Gasteiger partial charge in [0.05, 0.1) is 0 Å². The van der Waals surface area contributed by atoms with Crippen molar-refractivity contribution in [2.24, 2.45) is 11.5 Å². The van der Waals surface area contributed by atoms with Gasteiger partial charge in [-0.25, -0.2) is 0 Å². The Kier molecular flexibility index (Phi) is 5.15. The third-order valence-corrected chi connectivity index (χ3v) is 1.21. The maximum Gasteiger partial charge on any atom is 0.120 e. The van der Waals surface area contributed by atoms with Gasteiger partial charge in [0.2, 0.25) is 0 Å². The van der Waals surface area contributed by atoms with Crippen LogP contribution in [0.1, 0.15) is 5.56 Å². The van der Waals surface area contributed by atoms with E-state index < -0.39 is 0 Å². The van der Waals surface area contributed by atoms with Crippen molar-refractivity contribution in [2.45, 2.75) is 6.54 Å². The monoisotopic (exact) mass is 154 g/mol. The molecule has 0 amide bonds. The van der Waals surface area contributed by atoms with Crippen molar-refractivity contribution in [1.82, 2.24) is 0 Å². The molecule has 62 valence electrons. The molecular weight excluding hydrogens is 140 g/mol. The van der Waals surface area contributed by atoms with Gasteiger partial charge in [0.1, 0.15) is 5.75 Å². The summed E-state index contributed by atoms with van der Waals surface area (Å²) >= 11 is 0. The number of benzene rings is 1. The SMILES string of the molecule is CN.NCc1ccccc1O. The van der Waals surface area contributed by atoms with Gasteiger partial charge < -0.3 is 16.6 Å². The molecule has 3 heteroatoms. The Hall–Kier alpha value is -1.06. The zero-order valence-electron chi connectivity index (χ0n) is 6.62. The molecule has 0 bridgehead atoms. The summed E-state index contributed by atoms with van der Waals surface area (Å²) in [5.41, 5.74) is 10.6. The van der Waals surface area contributed by atoms with E-state index in [4.69, 9.17) is 10.8 Å². The predicted octanol–water partition coefficient (Wildman–Crippen LogP) is 0.426. The number of phenolic OH excluding ortho intramolecular Hbond substituents is 1. The van der Waals surface area contributed by atoms with Crippen molar-refractivity contribution in [3.8, 4) is 5.75 Å². The summed E-state index contributed by atoms with van der Waals surface area (Å²) < 4.78 is 0. The molecule has 0 saturated carbocycles. The number of aromatic hydroxyl groups is 1. The van der Waals surface area contributed by atoms with Crippen LogP contribution < -0.4 is 11.5 Å². The number of hydrogen-bond donors (Lipinski definition) is 3. The van der Waals surface area contributed by atoms with Crippen LogP contribution in [0.4, 0.5) is 0 Å². The van der Waals surface area contributed by atoms with E-state index in [0.29, 0.717) is 6.54 Å². The molecule has 0 aliphatic rings. The average molecular weight is 154 g/mol. The van der Waals surface area contributed by atoms with Crippen molar-refractivity contribution in [3.63, 3.8) is 0 Å². The first-order valence-electron chi connectivity index (χ1n) is 3.39. The van der Waals surface area contributed by atoms with Gasteiger partial charge in [0.25, 0.3) is 0 Å². The van der Waals surface area contributed by atoms with Gasteiger partial charge in [-0.3, -0.25) is 0 Å². The molecule has 1 aromatic rings. The van der Waals surface area contributed by atoms with Gasteiger partial charge in [-0.15, -0.1) is 0 Å². The minimum atomic E-state index is 0.278. The van der Waals surface area contributed by atoms with Crippen molar-refractivity contribution in [2.75, 3.05) is 7.05 Å².